The fourth-order valence-electron chi connectivity index (χ4n) is 1.12. The van der Waals surface area contributed by atoms with Crippen LogP contribution in [0, 0.1) is 5.92 Å². The summed E-state index contributed by atoms with van der Waals surface area (Å²) in [6.07, 6.45) is 0. The second-order valence-corrected chi connectivity index (χ2v) is 3.80. The van der Waals surface area contributed by atoms with E-state index in [1.165, 1.54) is 4.90 Å². The fourth-order valence-corrected chi connectivity index (χ4v) is 1.12. The van der Waals surface area contributed by atoms with Gasteiger partial charge < -0.3 is 15.7 Å². The van der Waals surface area contributed by atoms with Crippen molar-refractivity contribution in [3.05, 3.63) is 0 Å². The number of aliphatic carboxylic acids is 1. The van der Waals surface area contributed by atoms with Crippen LogP contribution in [-0.2, 0) is 9.59 Å². The number of carbonyl (C=O) groups excluding carboxylic acids is 1. The molecule has 0 aromatic heterocycles. The Balaban J connectivity index is 4.38. The van der Waals surface area contributed by atoms with Gasteiger partial charge in [-0.15, -0.1) is 0 Å². The highest BCUT2D eigenvalue weighted by molar-refractivity contribution is 5.84. The standard InChI is InChI=1S/C9H18N2O3/c1-6(2)4-11(5-8(12)13)9(14)7(3)10/h6-7H,4-5,10H2,1-3H3,(H,12,13). The Morgan fingerprint density at radius 2 is 1.86 bits per heavy atom. The van der Waals surface area contributed by atoms with Crippen molar-refractivity contribution in [1.29, 1.82) is 0 Å². The zero-order valence-corrected chi connectivity index (χ0v) is 8.86. The second-order valence-electron chi connectivity index (χ2n) is 3.80. The van der Waals surface area contributed by atoms with Crippen molar-refractivity contribution in [2.45, 2.75) is 26.8 Å². The maximum atomic E-state index is 11.5. The van der Waals surface area contributed by atoms with Crippen molar-refractivity contribution in [3.8, 4) is 0 Å². The van der Waals surface area contributed by atoms with Crippen LogP contribution in [0.5, 0.6) is 0 Å². The molecule has 1 atom stereocenters. The summed E-state index contributed by atoms with van der Waals surface area (Å²) in [7, 11) is 0. The van der Waals surface area contributed by atoms with Gasteiger partial charge >= 0.3 is 5.97 Å². The number of nitrogens with zero attached hydrogens (tertiary/aromatic N) is 1. The summed E-state index contributed by atoms with van der Waals surface area (Å²) in [5.41, 5.74) is 5.40. The van der Waals surface area contributed by atoms with E-state index in [2.05, 4.69) is 0 Å². The van der Waals surface area contributed by atoms with E-state index in [9.17, 15) is 9.59 Å². The molecule has 0 saturated heterocycles. The Hall–Kier alpha value is -1.10. The number of rotatable bonds is 5. The van der Waals surface area contributed by atoms with Gasteiger partial charge in [0.1, 0.15) is 6.54 Å². The highest BCUT2D eigenvalue weighted by Crippen LogP contribution is 2.00. The molecule has 0 aliphatic carbocycles. The number of nitrogens with two attached hydrogens (primary N) is 1. The molecule has 0 rings (SSSR count). The van der Waals surface area contributed by atoms with Crippen LogP contribution in [0.25, 0.3) is 0 Å². The number of carboxylic acid groups (broad SMARTS) is 1. The summed E-state index contributed by atoms with van der Waals surface area (Å²) >= 11 is 0. The van der Waals surface area contributed by atoms with Crippen LogP contribution in [0.15, 0.2) is 0 Å². The molecule has 5 nitrogen and oxygen atoms in total. The molecule has 14 heavy (non-hydrogen) atoms. The minimum absolute atomic E-state index is 0.233. The lowest BCUT2D eigenvalue weighted by atomic mass is 10.2. The fraction of sp³-hybridized carbons (Fsp3) is 0.778. The first kappa shape index (κ1) is 12.9. The molecule has 0 aromatic carbocycles. The Kier molecular flexibility index (Phi) is 5.15. The smallest absolute Gasteiger partial charge is 0.323 e. The van der Waals surface area contributed by atoms with E-state index in [1.807, 2.05) is 13.8 Å². The third kappa shape index (κ3) is 4.81. The summed E-state index contributed by atoms with van der Waals surface area (Å²) in [5.74, 6) is -1.10. The second kappa shape index (κ2) is 5.59. The molecule has 3 N–H and O–H groups in total. The SMILES string of the molecule is CC(C)CN(CC(=O)O)C(=O)C(C)N. The zero-order chi connectivity index (χ0) is 11.3. The van der Waals surface area contributed by atoms with Gasteiger partial charge in [-0.3, -0.25) is 9.59 Å². The molecule has 0 radical (unpaired) electrons. The van der Waals surface area contributed by atoms with E-state index in [4.69, 9.17) is 10.8 Å². The van der Waals surface area contributed by atoms with Crippen molar-refractivity contribution in [1.82, 2.24) is 4.90 Å². The number of hydrogen-bond acceptors (Lipinski definition) is 3. The van der Waals surface area contributed by atoms with Crippen LogP contribution in [0.4, 0.5) is 0 Å². The molecule has 0 aliphatic heterocycles. The average molecular weight is 202 g/mol. The van der Waals surface area contributed by atoms with Gasteiger partial charge in [0, 0.05) is 6.54 Å². The lowest BCUT2D eigenvalue weighted by Crippen LogP contribution is -2.45. The summed E-state index contributed by atoms with van der Waals surface area (Å²) < 4.78 is 0. The van der Waals surface area contributed by atoms with Crippen molar-refractivity contribution >= 4 is 11.9 Å². The summed E-state index contributed by atoms with van der Waals surface area (Å²) in [5, 5.41) is 8.59. The number of carbonyl (C=O) groups is 2. The van der Waals surface area contributed by atoms with Crippen LogP contribution in [0.2, 0.25) is 0 Å². The lowest BCUT2D eigenvalue weighted by molar-refractivity contribution is -0.145. The van der Waals surface area contributed by atoms with E-state index in [1.54, 1.807) is 6.92 Å². The monoisotopic (exact) mass is 202 g/mol. The molecule has 1 unspecified atom stereocenters. The lowest BCUT2D eigenvalue weighted by Gasteiger charge is -2.24. The molecule has 5 heteroatoms. The van der Waals surface area contributed by atoms with Crippen LogP contribution in [0.3, 0.4) is 0 Å². The van der Waals surface area contributed by atoms with Crippen LogP contribution >= 0.6 is 0 Å². The maximum absolute atomic E-state index is 11.5. The molecule has 0 fully saturated rings. The number of amides is 1. The summed E-state index contributed by atoms with van der Waals surface area (Å²) in [6.45, 7) is 5.54. The molecule has 0 saturated carbocycles. The van der Waals surface area contributed by atoms with Crippen molar-refractivity contribution in [2.24, 2.45) is 11.7 Å². The van der Waals surface area contributed by atoms with Gasteiger partial charge in [-0.2, -0.15) is 0 Å². The van der Waals surface area contributed by atoms with E-state index >= 15 is 0 Å². The first-order chi connectivity index (χ1) is 6.34. The predicted molar refractivity (Wildman–Crippen MR) is 52.7 cm³/mol. The molecule has 82 valence electrons. The van der Waals surface area contributed by atoms with E-state index in [-0.39, 0.29) is 18.4 Å². The Bertz CT molecular complexity index is 214. The maximum Gasteiger partial charge on any atom is 0.323 e. The molecule has 0 heterocycles. The molecule has 1 amide bonds. The van der Waals surface area contributed by atoms with Gasteiger partial charge in [0.2, 0.25) is 5.91 Å². The predicted octanol–water partition coefficient (Wildman–Crippen LogP) is -0.0972. The van der Waals surface area contributed by atoms with Crippen molar-refractivity contribution in [2.75, 3.05) is 13.1 Å². The Morgan fingerprint density at radius 1 is 1.36 bits per heavy atom. The third-order valence-electron chi connectivity index (χ3n) is 1.61. The molecular formula is C9H18N2O3. The highest BCUT2D eigenvalue weighted by atomic mass is 16.4. The normalized spacial score (nSPS) is 12.6. The van der Waals surface area contributed by atoms with Gasteiger partial charge in [-0.05, 0) is 12.8 Å². The minimum Gasteiger partial charge on any atom is -0.480 e. The number of hydrogen-bond donors (Lipinski definition) is 2. The summed E-state index contributed by atoms with van der Waals surface area (Å²) in [6, 6.07) is -0.645. The molecule has 0 aromatic rings. The third-order valence-corrected chi connectivity index (χ3v) is 1.61. The van der Waals surface area contributed by atoms with E-state index in [0.29, 0.717) is 6.54 Å². The van der Waals surface area contributed by atoms with Gasteiger partial charge in [-0.1, -0.05) is 13.8 Å². The van der Waals surface area contributed by atoms with Crippen molar-refractivity contribution < 1.29 is 14.7 Å². The van der Waals surface area contributed by atoms with E-state index < -0.39 is 12.0 Å². The zero-order valence-electron chi connectivity index (χ0n) is 8.86. The molecule has 0 bridgehead atoms. The molecule has 0 spiro atoms. The van der Waals surface area contributed by atoms with Crippen LogP contribution in [0.1, 0.15) is 20.8 Å². The van der Waals surface area contributed by atoms with E-state index in [0.717, 1.165) is 0 Å². The number of carboxylic acids is 1. The average Bonchev–Trinajstić information content (AvgIpc) is 1.99. The van der Waals surface area contributed by atoms with Crippen LogP contribution in [-0.4, -0.2) is 41.0 Å². The Morgan fingerprint density at radius 3 is 2.14 bits per heavy atom. The summed E-state index contributed by atoms with van der Waals surface area (Å²) in [4.78, 5) is 23.2. The van der Waals surface area contributed by atoms with Gasteiger partial charge in [0.05, 0.1) is 6.04 Å². The van der Waals surface area contributed by atoms with Crippen LogP contribution < -0.4 is 5.73 Å². The molecule has 0 aliphatic rings. The molecular weight excluding hydrogens is 184 g/mol. The first-order valence-electron chi connectivity index (χ1n) is 4.60. The van der Waals surface area contributed by atoms with Gasteiger partial charge in [-0.25, -0.2) is 0 Å². The minimum atomic E-state index is -1.01. The van der Waals surface area contributed by atoms with Gasteiger partial charge in [0.25, 0.3) is 0 Å². The van der Waals surface area contributed by atoms with Gasteiger partial charge in [0.15, 0.2) is 0 Å². The quantitative estimate of drug-likeness (QED) is 0.652. The van der Waals surface area contributed by atoms with Crippen molar-refractivity contribution in [3.63, 3.8) is 0 Å². The largest absolute Gasteiger partial charge is 0.480 e. The highest BCUT2D eigenvalue weighted by Gasteiger charge is 2.20. The topological polar surface area (TPSA) is 83.6 Å². The Labute approximate surface area is 83.9 Å². The first-order valence-corrected chi connectivity index (χ1v) is 4.60.